The van der Waals surface area contributed by atoms with Gasteiger partial charge in [-0.05, 0) is 86.1 Å². The Morgan fingerprint density at radius 1 is 0.737 bits per heavy atom. The summed E-state index contributed by atoms with van der Waals surface area (Å²) in [6.45, 7) is 1.88. The molecule has 2 unspecified atom stereocenters. The molecule has 38 heavy (non-hydrogen) atoms. The van der Waals surface area contributed by atoms with Gasteiger partial charge < -0.3 is 10.6 Å². The molecule has 1 aliphatic carbocycles. The standard InChI is InChI=1S/C34H41N3O/c38-34(35-23-21-29(26-9-3-1-4-10-26)27-11-5-2-6-12-27)36-28-17-15-25(16-18-28)22-24-37-32-19-20-33(37)31-14-8-7-13-30(31)32/h1-14,25,28-29,32-33H,15-24H2,(H2,35,36,38). The molecule has 2 bridgehead atoms. The lowest BCUT2D eigenvalue weighted by molar-refractivity contribution is 0.185. The molecule has 4 heteroatoms. The highest BCUT2D eigenvalue weighted by Gasteiger charge is 2.43. The second-order valence-electron chi connectivity index (χ2n) is 11.5. The predicted molar refractivity (Wildman–Crippen MR) is 154 cm³/mol. The average molecular weight is 508 g/mol. The molecule has 0 aromatic heterocycles. The van der Waals surface area contributed by atoms with Gasteiger partial charge in [0.1, 0.15) is 0 Å². The summed E-state index contributed by atoms with van der Waals surface area (Å²) >= 11 is 0. The number of benzene rings is 3. The molecule has 1 saturated carbocycles. The molecule has 2 N–H and O–H groups in total. The first-order chi connectivity index (χ1) is 18.8. The van der Waals surface area contributed by atoms with Gasteiger partial charge in [-0.2, -0.15) is 0 Å². The summed E-state index contributed by atoms with van der Waals surface area (Å²) in [6, 6.07) is 31.9. The van der Waals surface area contributed by atoms with Crippen molar-refractivity contribution in [2.45, 2.75) is 75.4 Å². The van der Waals surface area contributed by atoms with E-state index in [9.17, 15) is 4.79 Å². The Kier molecular flexibility index (Phi) is 7.78. The van der Waals surface area contributed by atoms with Crippen LogP contribution in [0.15, 0.2) is 84.9 Å². The Labute approximate surface area is 227 Å². The van der Waals surface area contributed by atoms with Crippen LogP contribution in [0, 0.1) is 5.92 Å². The van der Waals surface area contributed by atoms with Crippen LogP contribution in [-0.4, -0.2) is 30.1 Å². The number of hydrogen-bond acceptors (Lipinski definition) is 2. The number of nitrogens with one attached hydrogen (secondary N) is 2. The first-order valence-corrected chi connectivity index (χ1v) is 14.7. The van der Waals surface area contributed by atoms with E-state index in [1.807, 2.05) is 0 Å². The SMILES string of the molecule is O=C(NCCC(c1ccccc1)c1ccccc1)NC1CCC(CCN2C3CCC2c2ccccc23)CC1. The molecule has 4 nitrogen and oxygen atoms in total. The smallest absolute Gasteiger partial charge is 0.315 e. The summed E-state index contributed by atoms with van der Waals surface area (Å²) in [7, 11) is 0. The van der Waals surface area contributed by atoms with Crippen molar-refractivity contribution in [1.29, 1.82) is 0 Å². The van der Waals surface area contributed by atoms with E-state index in [4.69, 9.17) is 0 Å². The fourth-order valence-corrected chi connectivity index (χ4v) is 7.35. The van der Waals surface area contributed by atoms with Crippen LogP contribution in [0.5, 0.6) is 0 Å². The van der Waals surface area contributed by atoms with Gasteiger partial charge in [0.05, 0.1) is 0 Å². The number of carbonyl (C=O) groups is 1. The molecule has 3 aromatic carbocycles. The third-order valence-corrected chi connectivity index (χ3v) is 9.33. The van der Waals surface area contributed by atoms with E-state index in [0.29, 0.717) is 24.7 Å². The summed E-state index contributed by atoms with van der Waals surface area (Å²) in [5, 5.41) is 6.41. The third kappa shape index (κ3) is 5.51. The molecule has 2 atom stereocenters. The van der Waals surface area contributed by atoms with Gasteiger partial charge in [-0.1, -0.05) is 84.9 Å². The van der Waals surface area contributed by atoms with E-state index in [1.165, 1.54) is 49.8 Å². The molecule has 2 aliphatic heterocycles. The average Bonchev–Trinajstić information content (AvgIpc) is 3.52. The number of urea groups is 1. The second kappa shape index (κ2) is 11.7. The molecule has 1 saturated heterocycles. The fourth-order valence-electron chi connectivity index (χ4n) is 7.35. The van der Waals surface area contributed by atoms with E-state index >= 15 is 0 Å². The van der Waals surface area contributed by atoms with Gasteiger partial charge >= 0.3 is 6.03 Å². The van der Waals surface area contributed by atoms with Gasteiger partial charge in [0.15, 0.2) is 0 Å². The van der Waals surface area contributed by atoms with Gasteiger partial charge in [0.2, 0.25) is 0 Å². The maximum Gasteiger partial charge on any atom is 0.315 e. The molecule has 3 aliphatic rings. The number of carbonyl (C=O) groups excluding carboxylic acids is 1. The Balaban J connectivity index is 0.924. The summed E-state index contributed by atoms with van der Waals surface area (Å²) in [4.78, 5) is 15.5. The highest BCUT2D eigenvalue weighted by Crippen LogP contribution is 2.53. The zero-order chi connectivity index (χ0) is 25.7. The second-order valence-corrected chi connectivity index (χ2v) is 11.5. The van der Waals surface area contributed by atoms with Crippen molar-refractivity contribution in [3.8, 4) is 0 Å². The number of amides is 2. The number of nitrogens with zero attached hydrogens (tertiary/aromatic N) is 1. The van der Waals surface area contributed by atoms with Crippen LogP contribution in [0.1, 0.15) is 91.6 Å². The Hall–Kier alpha value is -3.11. The van der Waals surface area contributed by atoms with Gasteiger partial charge in [-0.25, -0.2) is 4.79 Å². The van der Waals surface area contributed by atoms with Crippen molar-refractivity contribution in [2.75, 3.05) is 13.1 Å². The van der Waals surface area contributed by atoms with Crippen molar-refractivity contribution >= 4 is 6.03 Å². The summed E-state index contributed by atoms with van der Waals surface area (Å²) < 4.78 is 0. The molecule has 0 spiro atoms. The maximum absolute atomic E-state index is 12.7. The third-order valence-electron chi connectivity index (χ3n) is 9.33. The molecular weight excluding hydrogens is 466 g/mol. The Morgan fingerprint density at radius 2 is 1.29 bits per heavy atom. The first-order valence-electron chi connectivity index (χ1n) is 14.7. The fraction of sp³-hybridized carbons (Fsp3) is 0.441. The van der Waals surface area contributed by atoms with Crippen molar-refractivity contribution in [1.82, 2.24) is 15.5 Å². The predicted octanol–water partition coefficient (Wildman–Crippen LogP) is 7.35. The number of fused-ring (bicyclic) bond motifs is 5. The van der Waals surface area contributed by atoms with Crippen LogP contribution in [-0.2, 0) is 0 Å². The summed E-state index contributed by atoms with van der Waals surface area (Å²) in [6.07, 6.45) is 9.48. The molecule has 2 fully saturated rings. The van der Waals surface area contributed by atoms with Gasteiger partial charge in [0, 0.05) is 30.6 Å². The van der Waals surface area contributed by atoms with E-state index < -0.39 is 0 Å². The topological polar surface area (TPSA) is 44.4 Å². The number of hydrogen-bond donors (Lipinski definition) is 2. The van der Waals surface area contributed by atoms with E-state index in [1.54, 1.807) is 11.1 Å². The lowest BCUT2D eigenvalue weighted by Gasteiger charge is -2.31. The minimum absolute atomic E-state index is 0.0141. The monoisotopic (exact) mass is 507 g/mol. The van der Waals surface area contributed by atoms with Crippen LogP contribution < -0.4 is 10.6 Å². The van der Waals surface area contributed by atoms with Gasteiger partial charge in [0.25, 0.3) is 0 Å². The Bertz CT molecular complexity index is 1120. The van der Waals surface area contributed by atoms with Crippen molar-refractivity contribution in [3.63, 3.8) is 0 Å². The van der Waals surface area contributed by atoms with Crippen LogP contribution in [0.3, 0.4) is 0 Å². The van der Waals surface area contributed by atoms with Crippen LogP contribution >= 0.6 is 0 Å². The molecule has 198 valence electrons. The maximum atomic E-state index is 12.7. The molecule has 3 aromatic rings. The summed E-state index contributed by atoms with van der Waals surface area (Å²) in [5.41, 5.74) is 5.76. The normalized spacial score (nSPS) is 24.3. The highest BCUT2D eigenvalue weighted by molar-refractivity contribution is 5.74. The quantitative estimate of drug-likeness (QED) is 0.318. The van der Waals surface area contributed by atoms with Crippen molar-refractivity contribution in [2.24, 2.45) is 5.92 Å². The molecule has 0 radical (unpaired) electrons. The summed E-state index contributed by atoms with van der Waals surface area (Å²) in [5.74, 6) is 1.07. The zero-order valence-corrected chi connectivity index (χ0v) is 22.4. The van der Waals surface area contributed by atoms with Crippen LogP contribution in [0.4, 0.5) is 4.79 Å². The lowest BCUT2D eigenvalue weighted by Crippen LogP contribution is -2.44. The van der Waals surface area contributed by atoms with Crippen molar-refractivity contribution in [3.05, 3.63) is 107 Å². The largest absolute Gasteiger partial charge is 0.338 e. The zero-order valence-electron chi connectivity index (χ0n) is 22.4. The number of rotatable bonds is 9. The van der Waals surface area contributed by atoms with Crippen molar-refractivity contribution < 1.29 is 4.79 Å². The first kappa shape index (κ1) is 25.2. The molecule has 6 rings (SSSR count). The van der Waals surface area contributed by atoms with Gasteiger partial charge in [-0.15, -0.1) is 0 Å². The van der Waals surface area contributed by atoms with Crippen LogP contribution in [0.25, 0.3) is 0 Å². The molecule has 2 heterocycles. The van der Waals surface area contributed by atoms with E-state index in [0.717, 1.165) is 25.2 Å². The minimum atomic E-state index is -0.0141. The molecule has 2 amide bonds. The highest BCUT2D eigenvalue weighted by atomic mass is 16.2. The molecular formula is C34H41N3O. The van der Waals surface area contributed by atoms with Gasteiger partial charge in [-0.3, -0.25) is 4.90 Å². The Morgan fingerprint density at radius 3 is 1.87 bits per heavy atom. The van der Waals surface area contributed by atoms with E-state index in [2.05, 4.69) is 100 Å². The lowest BCUT2D eigenvalue weighted by atomic mass is 9.84. The minimum Gasteiger partial charge on any atom is -0.338 e. The van der Waals surface area contributed by atoms with E-state index in [-0.39, 0.29) is 11.9 Å². The van der Waals surface area contributed by atoms with Crippen LogP contribution in [0.2, 0.25) is 0 Å².